The van der Waals surface area contributed by atoms with Crippen LogP contribution in [0.4, 0.5) is 4.39 Å². The van der Waals surface area contributed by atoms with E-state index in [-0.39, 0.29) is 19.0 Å². The fourth-order valence-corrected chi connectivity index (χ4v) is 0.837. The Morgan fingerprint density at radius 2 is 1.82 bits per heavy atom. The van der Waals surface area contributed by atoms with Crippen molar-refractivity contribution < 1.29 is 4.39 Å². The molecule has 0 aliphatic heterocycles. The van der Waals surface area contributed by atoms with Crippen molar-refractivity contribution >= 4 is 12.4 Å². The van der Waals surface area contributed by atoms with Gasteiger partial charge in [-0.05, 0) is 13.1 Å². The number of alkyl halides is 1. The van der Waals surface area contributed by atoms with Crippen LogP contribution in [0.3, 0.4) is 0 Å². The van der Waals surface area contributed by atoms with E-state index in [0.29, 0.717) is 6.54 Å². The van der Waals surface area contributed by atoms with Crippen molar-refractivity contribution in [2.75, 3.05) is 26.2 Å². The lowest BCUT2D eigenvalue weighted by molar-refractivity contribution is 0.209. The molecule has 0 bridgehead atoms. The second-order valence-corrected chi connectivity index (χ2v) is 2.32. The number of nitrogens with two attached hydrogens (primary N) is 1. The molecule has 0 aromatic carbocycles. The van der Waals surface area contributed by atoms with Crippen LogP contribution in [-0.4, -0.2) is 37.3 Å². The molecule has 0 aliphatic carbocycles. The van der Waals surface area contributed by atoms with Crippen LogP contribution in [0.15, 0.2) is 0 Å². The Labute approximate surface area is 74.3 Å². The lowest BCUT2D eigenvalue weighted by atomic mass is 10.3. The molecular weight excluding hydrogens is 167 g/mol. The molecule has 0 radical (unpaired) electrons. The predicted molar refractivity (Wildman–Crippen MR) is 49.0 cm³/mol. The Kier molecular flexibility index (Phi) is 10.3. The van der Waals surface area contributed by atoms with Gasteiger partial charge < -0.3 is 10.6 Å². The summed E-state index contributed by atoms with van der Waals surface area (Å²) in [5.74, 6) is 0. The third kappa shape index (κ3) is 6.53. The third-order valence-corrected chi connectivity index (χ3v) is 1.61. The summed E-state index contributed by atoms with van der Waals surface area (Å²) < 4.78 is 12.6. The van der Waals surface area contributed by atoms with E-state index in [4.69, 9.17) is 5.73 Å². The van der Waals surface area contributed by atoms with E-state index in [9.17, 15) is 4.39 Å². The van der Waals surface area contributed by atoms with E-state index in [1.54, 1.807) is 0 Å². The molecule has 0 aliphatic rings. The zero-order chi connectivity index (χ0) is 7.98. The van der Waals surface area contributed by atoms with Crippen molar-refractivity contribution in [3.05, 3.63) is 0 Å². The van der Waals surface area contributed by atoms with Gasteiger partial charge in [0.25, 0.3) is 0 Å². The SMILES string of the molecule is CCN(CC)CC(F)CN.Cl. The van der Waals surface area contributed by atoms with E-state index in [0.717, 1.165) is 13.1 Å². The quantitative estimate of drug-likeness (QED) is 0.692. The van der Waals surface area contributed by atoms with Crippen LogP contribution in [0.2, 0.25) is 0 Å². The number of hydrogen-bond acceptors (Lipinski definition) is 2. The Morgan fingerprint density at radius 3 is 2.09 bits per heavy atom. The number of hydrogen-bond donors (Lipinski definition) is 1. The fourth-order valence-electron chi connectivity index (χ4n) is 0.837. The normalized spacial score (nSPS) is 12.8. The van der Waals surface area contributed by atoms with Gasteiger partial charge in [-0.25, -0.2) is 4.39 Å². The summed E-state index contributed by atoms with van der Waals surface area (Å²) in [6, 6.07) is 0. The van der Waals surface area contributed by atoms with Crippen LogP contribution in [0, 0.1) is 0 Å². The lowest BCUT2D eigenvalue weighted by Crippen LogP contribution is -2.33. The first-order valence-electron chi connectivity index (χ1n) is 3.81. The van der Waals surface area contributed by atoms with Crippen LogP contribution in [0.5, 0.6) is 0 Å². The Balaban J connectivity index is 0. The predicted octanol–water partition coefficient (Wildman–Crippen LogP) is 1.05. The van der Waals surface area contributed by atoms with E-state index < -0.39 is 6.17 Å². The van der Waals surface area contributed by atoms with Gasteiger partial charge in [-0.2, -0.15) is 0 Å². The molecule has 0 aromatic heterocycles. The van der Waals surface area contributed by atoms with Gasteiger partial charge in [0, 0.05) is 13.1 Å². The molecular formula is C7H18ClFN2. The average Bonchev–Trinajstić information content (AvgIpc) is 1.99. The largest absolute Gasteiger partial charge is 0.328 e. The topological polar surface area (TPSA) is 29.3 Å². The summed E-state index contributed by atoms with van der Waals surface area (Å²) in [4.78, 5) is 2.03. The smallest absolute Gasteiger partial charge is 0.125 e. The molecule has 0 rings (SSSR count). The van der Waals surface area contributed by atoms with Gasteiger partial charge >= 0.3 is 0 Å². The summed E-state index contributed by atoms with van der Waals surface area (Å²) in [6.45, 7) is 6.45. The van der Waals surface area contributed by atoms with Crippen LogP contribution in [-0.2, 0) is 0 Å². The van der Waals surface area contributed by atoms with E-state index >= 15 is 0 Å². The van der Waals surface area contributed by atoms with Crippen molar-refractivity contribution in [2.24, 2.45) is 5.73 Å². The summed E-state index contributed by atoms with van der Waals surface area (Å²) >= 11 is 0. The van der Waals surface area contributed by atoms with Crippen molar-refractivity contribution in [2.45, 2.75) is 20.0 Å². The van der Waals surface area contributed by atoms with Crippen LogP contribution < -0.4 is 5.73 Å². The first-order chi connectivity index (χ1) is 4.74. The maximum absolute atomic E-state index is 12.6. The molecule has 0 spiro atoms. The van der Waals surface area contributed by atoms with Gasteiger partial charge in [0.15, 0.2) is 0 Å². The van der Waals surface area contributed by atoms with E-state index in [1.165, 1.54) is 0 Å². The zero-order valence-corrected chi connectivity index (χ0v) is 8.03. The van der Waals surface area contributed by atoms with Gasteiger partial charge in [0.1, 0.15) is 6.17 Å². The Hall–Kier alpha value is 0.140. The molecule has 0 aromatic rings. The molecule has 11 heavy (non-hydrogen) atoms. The number of halogens is 2. The number of rotatable bonds is 5. The number of nitrogens with zero attached hydrogens (tertiary/aromatic N) is 1. The minimum Gasteiger partial charge on any atom is -0.328 e. The summed E-state index contributed by atoms with van der Waals surface area (Å²) in [5, 5.41) is 0. The maximum atomic E-state index is 12.6. The van der Waals surface area contributed by atoms with Crippen LogP contribution in [0.1, 0.15) is 13.8 Å². The lowest BCUT2D eigenvalue weighted by Gasteiger charge is -2.19. The molecule has 2 N–H and O–H groups in total. The molecule has 4 heteroatoms. The van der Waals surface area contributed by atoms with Gasteiger partial charge in [-0.15, -0.1) is 12.4 Å². The highest BCUT2D eigenvalue weighted by molar-refractivity contribution is 5.85. The molecule has 1 unspecified atom stereocenters. The molecule has 0 heterocycles. The van der Waals surface area contributed by atoms with Gasteiger partial charge in [-0.3, -0.25) is 0 Å². The minimum atomic E-state index is -0.861. The second-order valence-electron chi connectivity index (χ2n) is 2.32. The van der Waals surface area contributed by atoms with Gasteiger partial charge in [0.05, 0.1) is 0 Å². The Morgan fingerprint density at radius 1 is 1.36 bits per heavy atom. The highest BCUT2D eigenvalue weighted by atomic mass is 35.5. The summed E-state index contributed by atoms with van der Waals surface area (Å²) in [7, 11) is 0. The zero-order valence-electron chi connectivity index (χ0n) is 7.22. The molecule has 0 amide bonds. The minimum absolute atomic E-state index is 0. The van der Waals surface area contributed by atoms with Crippen molar-refractivity contribution in [1.29, 1.82) is 0 Å². The van der Waals surface area contributed by atoms with Crippen LogP contribution >= 0.6 is 12.4 Å². The monoisotopic (exact) mass is 184 g/mol. The molecule has 0 saturated carbocycles. The van der Waals surface area contributed by atoms with E-state index in [1.807, 2.05) is 18.7 Å². The molecule has 1 atom stereocenters. The highest BCUT2D eigenvalue weighted by Crippen LogP contribution is 1.93. The molecule has 2 nitrogen and oxygen atoms in total. The van der Waals surface area contributed by atoms with Crippen LogP contribution in [0.25, 0.3) is 0 Å². The first-order valence-corrected chi connectivity index (χ1v) is 3.81. The fraction of sp³-hybridized carbons (Fsp3) is 1.00. The van der Waals surface area contributed by atoms with Gasteiger partial charge in [0.2, 0.25) is 0 Å². The summed E-state index contributed by atoms with van der Waals surface area (Å²) in [6.07, 6.45) is -0.861. The average molecular weight is 185 g/mol. The van der Waals surface area contributed by atoms with E-state index in [2.05, 4.69) is 0 Å². The first kappa shape index (κ1) is 13.7. The summed E-state index contributed by atoms with van der Waals surface area (Å²) in [5.41, 5.74) is 5.13. The Bertz CT molecular complexity index is 78.8. The van der Waals surface area contributed by atoms with Gasteiger partial charge in [-0.1, -0.05) is 13.8 Å². The highest BCUT2D eigenvalue weighted by Gasteiger charge is 2.07. The molecule has 70 valence electrons. The second kappa shape index (κ2) is 8.24. The van der Waals surface area contributed by atoms with Crippen molar-refractivity contribution in [3.63, 3.8) is 0 Å². The third-order valence-electron chi connectivity index (χ3n) is 1.61. The maximum Gasteiger partial charge on any atom is 0.125 e. The van der Waals surface area contributed by atoms with Crippen molar-refractivity contribution in [1.82, 2.24) is 4.90 Å². The molecule has 0 saturated heterocycles. The molecule has 0 fully saturated rings. The standard InChI is InChI=1S/C7H17FN2.ClH/c1-3-10(4-2)6-7(8)5-9;/h7H,3-6,9H2,1-2H3;1H. The van der Waals surface area contributed by atoms with Crippen molar-refractivity contribution in [3.8, 4) is 0 Å².